The smallest absolute Gasteiger partial charge is 0.243 e. The zero-order valence-corrected chi connectivity index (χ0v) is 8.49. The molecule has 2 heterocycles. The number of methoxy groups -OCH3 is 1. The number of nitrogens with one attached hydrogen (secondary N) is 1. The Balaban J connectivity index is 2.02. The molecule has 1 N–H and O–H groups in total. The first-order valence-corrected chi connectivity index (χ1v) is 4.92. The molecule has 0 aromatic carbocycles. The van der Waals surface area contributed by atoms with Gasteiger partial charge in [-0.25, -0.2) is 0 Å². The van der Waals surface area contributed by atoms with Crippen LogP contribution in [0.5, 0.6) is 0 Å². The van der Waals surface area contributed by atoms with Crippen LogP contribution in [0.15, 0.2) is 4.52 Å². The van der Waals surface area contributed by atoms with Gasteiger partial charge in [-0.1, -0.05) is 12.1 Å². The molecule has 0 aliphatic carbocycles. The zero-order chi connectivity index (χ0) is 9.97. The molecule has 5 heteroatoms. The van der Waals surface area contributed by atoms with E-state index in [0.29, 0.717) is 5.89 Å². The molecule has 0 saturated carbocycles. The standard InChI is InChI=1S/C9H15N3O2/c1-3-8-11-9(14-12-8)7-4-6(13-2)5-10-7/h6-7,10H,3-5H2,1-2H3/t6-,7+/m0/s1. The summed E-state index contributed by atoms with van der Waals surface area (Å²) in [6.07, 6.45) is 1.98. The quantitative estimate of drug-likeness (QED) is 0.772. The van der Waals surface area contributed by atoms with Gasteiger partial charge in [0.1, 0.15) is 0 Å². The van der Waals surface area contributed by atoms with Crippen LogP contribution >= 0.6 is 0 Å². The van der Waals surface area contributed by atoms with Gasteiger partial charge in [0.2, 0.25) is 5.89 Å². The average Bonchev–Trinajstić information content (AvgIpc) is 2.86. The fourth-order valence-electron chi connectivity index (χ4n) is 1.62. The third-order valence-corrected chi connectivity index (χ3v) is 2.52. The number of hydrogen-bond donors (Lipinski definition) is 1. The summed E-state index contributed by atoms with van der Waals surface area (Å²) in [6.45, 7) is 2.86. The summed E-state index contributed by atoms with van der Waals surface area (Å²) in [5.74, 6) is 1.45. The van der Waals surface area contributed by atoms with Crippen molar-refractivity contribution in [3.63, 3.8) is 0 Å². The van der Waals surface area contributed by atoms with E-state index in [0.717, 1.165) is 25.2 Å². The molecule has 14 heavy (non-hydrogen) atoms. The van der Waals surface area contributed by atoms with Crippen LogP contribution in [0.4, 0.5) is 0 Å². The fourth-order valence-corrected chi connectivity index (χ4v) is 1.62. The van der Waals surface area contributed by atoms with E-state index < -0.39 is 0 Å². The Morgan fingerprint density at radius 1 is 1.64 bits per heavy atom. The lowest BCUT2D eigenvalue weighted by atomic mass is 10.2. The lowest BCUT2D eigenvalue weighted by molar-refractivity contribution is 0.116. The Labute approximate surface area is 82.8 Å². The maximum Gasteiger partial charge on any atom is 0.243 e. The number of nitrogens with zero attached hydrogens (tertiary/aromatic N) is 2. The Morgan fingerprint density at radius 3 is 3.07 bits per heavy atom. The Morgan fingerprint density at radius 2 is 2.50 bits per heavy atom. The fraction of sp³-hybridized carbons (Fsp3) is 0.778. The van der Waals surface area contributed by atoms with Crippen LogP contribution in [-0.4, -0.2) is 29.9 Å². The number of ether oxygens (including phenoxy) is 1. The number of aromatic nitrogens is 2. The number of aryl methyl sites for hydroxylation is 1. The van der Waals surface area contributed by atoms with Gasteiger partial charge in [-0.15, -0.1) is 0 Å². The monoisotopic (exact) mass is 197 g/mol. The van der Waals surface area contributed by atoms with E-state index in [9.17, 15) is 0 Å². The Hall–Kier alpha value is -0.940. The molecular formula is C9H15N3O2. The van der Waals surface area contributed by atoms with Gasteiger partial charge in [-0.05, 0) is 6.42 Å². The maximum atomic E-state index is 5.24. The molecule has 1 aliphatic rings. The molecule has 0 unspecified atom stereocenters. The van der Waals surface area contributed by atoms with Crippen LogP contribution in [0.25, 0.3) is 0 Å². The van der Waals surface area contributed by atoms with Gasteiger partial charge in [0.25, 0.3) is 0 Å². The highest BCUT2D eigenvalue weighted by Gasteiger charge is 2.28. The average molecular weight is 197 g/mol. The molecule has 2 rings (SSSR count). The van der Waals surface area contributed by atoms with Crippen molar-refractivity contribution in [1.29, 1.82) is 0 Å². The third-order valence-electron chi connectivity index (χ3n) is 2.52. The molecule has 1 saturated heterocycles. The van der Waals surface area contributed by atoms with E-state index in [1.165, 1.54) is 0 Å². The molecule has 0 spiro atoms. The van der Waals surface area contributed by atoms with Crippen molar-refractivity contribution in [3.8, 4) is 0 Å². The first kappa shape index (κ1) is 9.61. The zero-order valence-electron chi connectivity index (χ0n) is 8.49. The minimum absolute atomic E-state index is 0.160. The van der Waals surface area contributed by atoms with Crippen LogP contribution < -0.4 is 5.32 Å². The van der Waals surface area contributed by atoms with E-state index in [-0.39, 0.29) is 12.1 Å². The van der Waals surface area contributed by atoms with E-state index in [1.807, 2.05) is 6.92 Å². The molecule has 1 aromatic heterocycles. The van der Waals surface area contributed by atoms with Gasteiger partial charge in [-0.2, -0.15) is 4.98 Å². The van der Waals surface area contributed by atoms with Crippen molar-refractivity contribution >= 4 is 0 Å². The molecule has 1 fully saturated rings. The summed E-state index contributed by atoms with van der Waals surface area (Å²) in [6, 6.07) is 0.160. The van der Waals surface area contributed by atoms with Crippen molar-refractivity contribution in [3.05, 3.63) is 11.7 Å². The van der Waals surface area contributed by atoms with Gasteiger partial charge in [0.15, 0.2) is 5.82 Å². The molecule has 0 amide bonds. The summed E-state index contributed by atoms with van der Waals surface area (Å²) in [5.41, 5.74) is 0. The first-order valence-electron chi connectivity index (χ1n) is 4.92. The highest BCUT2D eigenvalue weighted by molar-refractivity contribution is 4.97. The minimum Gasteiger partial charge on any atom is -0.380 e. The van der Waals surface area contributed by atoms with Gasteiger partial charge in [-0.3, -0.25) is 0 Å². The molecule has 0 bridgehead atoms. The molecule has 0 radical (unpaired) electrons. The van der Waals surface area contributed by atoms with Gasteiger partial charge in [0.05, 0.1) is 12.1 Å². The maximum absolute atomic E-state index is 5.24. The van der Waals surface area contributed by atoms with Crippen LogP contribution in [0, 0.1) is 0 Å². The lowest BCUT2D eigenvalue weighted by Gasteiger charge is -2.04. The molecule has 1 aromatic rings. The largest absolute Gasteiger partial charge is 0.380 e. The summed E-state index contributed by atoms with van der Waals surface area (Å²) in [5, 5.41) is 7.15. The van der Waals surface area contributed by atoms with E-state index in [2.05, 4.69) is 15.5 Å². The second kappa shape index (κ2) is 4.06. The highest BCUT2D eigenvalue weighted by atomic mass is 16.5. The highest BCUT2D eigenvalue weighted by Crippen LogP contribution is 2.23. The van der Waals surface area contributed by atoms with Crippen molar-refractivity contribution in [2.75, 3.05) is 13.7 Å². The topological polar surface area (TPSA) is 60.2 Å². The van der Waals surface area contributed by atoms with Crippen LogP contribution in [0.1, 0.15) is 31.1 Å². The molecule has 5 nitrogen and oxygen atoms in total. The molecule has 78 valence electrons. The van der Waals surface area contributed by atoms with Crippen molar-refractivity contribution < 1.29 is 9.26 Å². The predicted molar refractivity (Wildman–Crippen MR) is 49.8 cm³/mol. The van der Waals surface area contributed by atoms with Crippen molar-refractivity contribution in [1.82, 2.24) is 15.5 Å². The van der Waals surface area contributed by atoms with E-state index >= 15 is 0 Å². The Bertz CT molecular complexity index is 300. The molecule has 1 aliphatic heterocycles. The Kier molecular flexibility index (Phi) is 2.79. The molecule has 2 atom stereocenters. The van der Waals surface area contributed by atoms with Gasteiger partial charge < -0.3 is 14.6 Å². The summed E-state index contributed by atoms with van der Waals surface area (Å²) in [4.78, 5) is 4.28. The first-order chi connectivity index (χ1) is 6.83. The second-order valence-electron chi connectivity index (χ2n) is 3.46. The van der Waals surface area contributed by atoms with Crippen LogP contribution in [-0.2, 0) is 11.2 Å². The van der Waals surface area contributed by atoms with Crippen molar-refractivity contribution in [2.45, 2.75) is 31.9 Å². The van der Waals surface area contributed by atoms with Gasteiger partial charge >= 0.3 is 0 Å². The molecular weight excluding hydrogens is 182 g/mol. The lowest BCUT2D eigenvalue weighted by Crippen LogP contribution is -2.16. The SMILES string of the molecule is CCc1noc([C@H]2C[C@H](OC)CN2)n1. The summed E-state index contributed by atoms with van der Waals surface area (Å²) < 4.78 is 10.4. The van der Waals surface area contributed by atoms with Gasteiger partial charge in [0, 0.05) is 20.1 Å². The number of rotatable bonds is 3. The third kappa shape index (κ3) is 1.78. The second-order valence-corrected chi connectivity index (χ2v) is 3.46. The van der Waals surface area contributed by atoms with E-state index in [4.69, 9.17) is 9.26 Å². The predicted octanol–water partition coefficient (Wildman–Crippen LogP) is 0.681. The van der Waals surface area contributed by atoms with E-state index in [1.54, 1.807) is 7.11 Å². The number of hydrogen-bond acceptors (Lipinski definition) is 5. The van der Waals surface area contributed by atoms with Crippen LogP contribution in [0.2, 0.25) is 0 Å². The summed E-state index contributed by atoms with van der Waals surface area (Å²) >= 11 is 0. The normalized spacial score (nSPS) is 27.0. The van der Waals surface area contributed by atoms with Crippen LogP contribution in [0.3, 0.4) is 0 Å². The minimum atomic E-state index is 0.160. The summed E-state index contributed by atoms with van der Waals surface area (Å²) in [7, 11) is 1.72. The van der Waals surface area contributed by atoms with Crippen molar-refractivity contribution in [2.24, 2.45) is 0 Å².